The summed E-state index contributed by atoms with van der Waals surface area (Å²) in [5, 5.41) is 5.04. The summed E-state index contributed by atoms with van der Waals surface area (Å²) < 4.78 is 13.0. The Labute approximate surface area is 213 Å². The van der Waals surface area contributed by atoms with Gasteiger partial charge in [0.05, 0.1) is 19.9 Å². The molecule has 1 aliphatic heterocycles. The standard InChI is InChI=1S/C29H35N5O2/c1-7-23-21(4)30-28-18-24(22-10-11-26(35-5)27(17-22)36-6)31-34(28)29(23)33-14-12-32(13-15-33)25-16-19(2)8-9-20(25)3/h8-11,16-18H,7,12-15H2,1-6H3. The highest BCUT2D eigenvalue weighted by atomic mass is 16.5. The van der Waals surface area contributed by atoms with Crippen LogP contribution in [0.5, 0.6) is 11.5 Å². The Morgan fingerprint density at radius 3 is 2.25 bits per heavy atom. The van der Waals surface area contributed by atoms with Crippen LogP contribution in [0.2, 0.25) is 0 Å². The number of benzene rings is 2. The number of piperazine rings is 1. The van der Waals surface area contributed by atoms with Crippen molar-refractivity contribution in [3.05, 3.63) is 64.8 Å². The molecule has 0 saturated carbocycles. The van der Waals surface area contributed by atoms with Crippen LogP contribution in [0.1, 0.15) is 29.3 Å². The van der Waals surface area contributed by atoms with Crippen LogP contribution in [0.3, 0.4) is 0 Å². The van der Waals surface area contributed by atoms with Crippen molar-refractivity contribution in [3.63, 3.8) is 0 Å². The largest absolute Gasteiger partial charge is 0.493 e. The highest BCUT2D eigenvalue weighted by Gasteiger charge is 2.25. The predicted octanol–water partition coefficient (Wildman–Crippen LogP) is 5.23. The number of methoxy groups -OCH3 is 2. The van der Waals surface area contributed by atoms with Gasteiger partial charge in [0, 0.05) is 54.8 Å². The lowest BCUT2D eigenvalue weighted by Crippen LogP contribution is -2.47. The van der Waals surface area contributed by atoms with Crippen molar-refractivity contribution in [1.29, 1.82) is 0 Å². The van der Waals surface area contributed by atoms with Gasteiger partial charge in [-0.05, 0) is 62.6 Å². The molecule has 3 heterocycles. The molecule has 0 unspecified atom stereocenters. The summed E-state index contributed by atoms with van der Waals surface area (Å²) in [6.45, 7) is 12.5. The van der Waals surface area contributed by atoms with Gasteiger partial charge in [-0.2, -0.15) is 9.61 Å². The molecule has 7 heteroatoms. The molecule has 2 aromatic carbocycles. The summed E-state index contributed by atoms with van der Waals surface area (Å²) in [6, 6.07) is 14.7. The topological polar surface area (TPSA) is 55.1 Å². The molecule has 0 bridgehead atoms. The third-order valence-electron chi connectivity index (χ3n) is 7.20. The summed E-state index contributed by atoms with van der Waals surface area (Å²) in [7, 11) is 3.30. The van der Waals surface area contributed by atoms with Gasteiger partial charge >= 0.3 is 0 Å². The molecule has 0 radical (unpaired) electrons. The van der Waals surface area contributed by atoms with Gasteiger partial charge in [-0.25, -0.2) is 4.98 Å². The van der Waals surface area contributed by atoms with E-state index in [2.05, 4.69) is 61.8 Å². The molecule has 4 aromatic rings. The van der Waals surface area contributed by atoms with Crippen molar-refractivity contribution >= 4 is 17.2 Å². The van der Waals surface area contributed by atoms with E-state index < -0.39 is 0 Å². The van der Waals surface area contributed by atoms with E-state index in [1.807, 2.05) is 22.7 Å². The minimum absolute atomic E-state index is 0.688. The molecule has 0 spiro atoms. The zero-order valence-electron chi connectivity index (χ0n) is 22.1. The van der Waals surface area contributed by atoms with Crippen LogP contribution in [-0.4, -0.2) is 55.0 Å². The molecule has 0 N–H and O–H groups in total. The lowest BCUT2D eigenvalue weighted by Gasteiger charge is -2.38. The zero-order chi connectivity index (χ0) is 25.4. The maximum Gasteiger partial charge on any atom is 0.161 e. The van der Waals surface area contributed by atoms with E-state index in [1.165, 1.54) is 22.4 Å². The van der Waals surface area contributed by atoms with Crippen LogP contribution >= 0.6 is 0 Å². The lowest BCUT2D eigenvalue weighted by atomic mass is 10.1. The smallest absolute Gasteiger partial charge is 0.161 e. The van der Waals surface area contributed by atoms with E-state index in [0.29, 0.717) is 11.5 Å². The molecule has 0 amide bonds. The molecule has 36 heavy (non-hydrogen) atoms. The Kier molecular flexibility index (Phi) is 6.48. The summed E-state index contributed by atoms with van der Waals surface area (Å²) in [4.78, 5) is 9.90. The van der Waals surface area contributed by atoms with Gasteiger partial charge in [-0.3, -0.25) is 0 Å². The van der Waals surface area contributed by atoms with Crippen LogP contribution in [0.4, 0.5) is 11.5 Å². The molecular formula is C29H35N5O2. The summed E-state index contributed by atoms with van der Waals surface area (Å²) in [5.74, 6) is 2.55. The second-order valence-corrected chi connectivity index (χ2v) is 9.49. The summed E-state index contributed by atoms with van der Waals surface area (Å²) >= 11 is 0. The fourth-order valence-electron chi connectivity index (χ4n) is 5.23. The molecular weight excluding hydrogens is 450 g/mol. The molecule has 0 aliphatic carbocycles. The number of ether oxygens (including phenoxy) is 2. The highest BCUT2D eigenvalue weighted by Crippen LogP contribution is 2.34. The SMILES string of the molecule is CCc1c(C)nc2cc(-c3ccc(OC)c(OC)c3)nn2c1N1CCN(c2cc(C)ccc2C)CC1. The number of fused-ring (bicyclic) bond motifs is 1. The summed E-state index contributed by atoms with van der Waals surface area (Å²) in [6.07, 6.45) is 0.910. The molecule has 5 rings (SSSR count). The molecule has 7 nitrogen and oxygen atoms in total. The van der Waals surface area contributed by atoms with Crippen LogP contribution in [0.25, 0.3) is 16.9 Å². The van der Waals surface area contributed by atoms with E-state index in [0.717, 1.165) is 61.0 Å². The molecule has 0 atom stereocenters. The summed E-state index contributed by atoms with van der Waals surface area (Å²) in [5.41, 5.74) is 9.00. The van der Waals surface area contributed by atoms with Crippen molar-refractivity contribution in [2.75, 3.05) is 50.2 Å². The van der Waals surface area contributed by atoms with E-state index in [-0.39, 0.29) is 0 Å². The minimum atomic E-state index is 0.688. The molecule has 1 saturated heterocycles. The second-order valence-electron chi connectivity index (χ2n) is 9.49. The monoisotopic (exact) mass is 485 g/mol. The number of hydrogen-bond donors (Lipinski definition) is 0. The first-order valence-electron chi connectivity index (χ1n) is 12.6. The third kappa shape index (κ3) is 4.23. The number of aromatic nitrogens is 3. The normalized spacial score (nSPS) is 13.9. The number of aryl methyl sites for hydroxylation is 3. The number of nitrogens with zero attached hydrogens (tertiary/aromatic N) is 5. The maximum atomic E-state index is 5.52. The van der Waals surface area contributed by atoms with Gasteiger partial charge in [0.15, 0.2) is 17.1 Å². The quantitative estimate of drug-likeness (QED) is 0.373. The van der Waals surface area contributed by atoms with Crippen LogP contribution in [0.15, 0.2) is 42.5 Å². The van der Waals surface area contributed by atoms with Gasteiger partial charge in [0.25, 0.3) is 0 Å². The molecule has 2 aromatic heterocycles. The third-order valence-corrected chi connectivity index (χ3v) is 7.20. The number of anilines is 2. The first-order valence-corrected chi connectivity index (χ1v) is 12.6. The fourth-order valence-corrected chi connectivity index (χ4v) is 5.23. The van der Waals surface area contributed by atoms with Crippen LogP contribution < -0.4 is 19.3 Å². The van der Waals surface area contributed by atoms with Gasteiger partial charge < -0.3 is 19.3 Å². The number of hydrogen-bond acceptors (Lipinski definition) is 6. The van der Waals surface area contributed by atoms with E-state index >= 15 is 0 Å². The van der Waals surface area contributed by atoms with E-state index in [4.69, 9.17) is 19.6 Å². The molecule has 188 valence electrons. The van der Waals surface area contributed by atoms with E-state index in [1.54, 1.807) is 14.2 Å². The first kappa shape index (κ1) is 24.0. The van der Waals surface area contributed by atoms with Crippen molar-refractivity contribution in [3.8, 4) is 22.8 Å². The van der Waals surface area contributed by atoms with Crippen molar-refractivity contribution in [1.82, 2.24) is 14.6 Å². The van der Waals surface area contributed by atoms with Crippen molar-refractivity contribution < 1.29 is 9.47 Å². The zero-order valence-corrected chi connectivity index (χ0v) is 22.1. The van der Waals surface area contributed by atoms with Crippen LogP contribution in [0, 0.1) is 20.8 Å². The Hall–Kier alpha value is -3.74. The molecule has 1 aliphatic rings. The highest BCUT2D eigenvalue weighted by molar-refractivity contribution is 5.70. The minimum Gasteiger partial charge on any atom is -0.493 e. The van der Waals surface area contributed by atoms with Crippen LogP contribution in [-0.2, 0) is 6.42 Å². The lowest BCUT2D eigenvalue weighted by molar-refractivity contribution is 0.355. The average molecular weight is 486 g/mol. The Balaban J connectivity index is 1.51. The van der Waals surface area contributed by atoms with Crippen molar-refractivity contribution in [2.24, 2.45) is 0 Å². The first-order chi connectivity index (χ1) is 17.4. The van der Waals surface area contributed by atoms with Gasteiger partial charge in [-0.1, -0.05) is 19.1 Å². The molecule has 1 fully saturated rings. The van der Waals surface area contributed by atoms with Gasteiger partial charge in [0.2, 0.25) is 0 Å². The van der Waals surface area contributed by atoms with Gasteiger partial charge in [0.1, 0.15) is 5.82 Å². The second kappa shape index (κ2) is 9.72. The average Bonchev–Trinajstić information content (AvgIpc) is 3.32. The maximum absolute atomic E-state index is 5.52. The fraction of sp³-hybridized carbons (Fsp3) is 0.379. The van der Waals surface area contributed by atoms with Crippen molar-refractivity contribution in [2.45, 2.75) is 34.1 Å². The Bertz CT molecular complexity index is 1400. The number of rotatable bonds is 6. The predicted molar refractivity (Wildman–Crippen MR) is 146 cm³/mol. The Morgan fingerprint density at radius 1 is 0.833 bits per heavy atom. The van der Waals surface area contributed by atoms with Gasteiger partial charge in [-0.15, -0.1) is 0 Å². The Morgan fingerprint density at radius 2 is 1.56 bits per heavy atom. The van der Waals surface area contributed by atoms with E-state index in [9.17, 15) is 0 Å².